The lowest BCUT2D eigenvalue weighted by Gasteiger charge is -2.32. The predicted molar refractivity (Wildman–Crippen MR) is 117 cm³/mol. The smallest absolute Gasteiger partial charge is 0.251 e. The third kappa shape index (κ3) is 4.40. The number of likely N-dealkylation sites (tertiary alicyclic amines) is 1. The van der Waals surface area contributed by atoms with Crippen LogP contribution < -0.4 is 15.0 Å². The van der Waals surface area contributed by atoms with Crippen molar-refractivity contribution in [3.05, 3.63) is 59.2 Å². The first-order chi connectivity index (χ1) is 14.2. The van der Waals surface area contributed by atoms with Crippen LogP contribution in [0.2, 0.25) is 0 Å². The van der Waals surface area contributed by atoms with Crippen LogP contribution in [0.4, 0.5) is 5.69 Å². The van der Waals surface area contributed by atoms with Gasteiger partial charge >= 0.3 is 0 Å². The van der Waals surface area contributed by atoms with Crippen LogP contribution >= 0.6 is 0 Å². The summed E-state index contributed by atoms with van der Waals surface area (Å²) in [4.78, 5) is 17.6. The third-order valence-corrected chi connectivity index (χ3v) is 6.23. The monoisotopic (exact) mass is 393 g/mol. The van der Waals surface area contributed by atoms with Gasteiger partial charge in [-0.1, -0.05) is 12.1 Å². The van der Waals surface area contributed by atoms with Gasteiger partial charge in [-0.15, -0.1) is 0 Å². The lowest BCUT2D eigenvalue weighted by Crippen LogP contribution is -2.37. The molecule has 1 unspecified atom stereocenters. The summed E-state index contributed by atoms with van der Waals surface area (Å²) in [6.45, 7) is 3.94. The number of carbonyl (C=O) groups excluding carboxylic acids is 1. The number of amides is 1. The number of hydrogen-bond donors (Lipinski definition) is 1. The second-order valence-electron chi connectivity index (χ2n) is 8.11. The fourth-order valence-corrected chi connectivity index (χ4v) is 4.56. The van der Waals surface area contributed by atoms with Crippen molar-refractivity contribution in [1.82, 2.24) is 10.2 Å². The fraction of sp³-hybridized carbons (Fsp3) is 0.458. The molecule has 0 bridgehead atoms. The number of anilines is 1. The minimum absolute atomic E-state index is 0.0328. The van der Waals surface area contributed by atoms with E-state index >= 15 is 0 Å². The zero-order valence-corrected chi connectivity index (χ0v) is 17.5. The molecule has 2 aliphatic heterocycles. The summed E-state index contributed by atoms with van der Waals surface area (Å²) >= 11 is 0. The SMILES string of the molecule is COc1ccc(C(=O)NCC(c2ccc3c(c2)CCCN3C)N2CCCC2)cc1. The standard InChI is InChI=1S/C24H31N3O2/c1-26-13-5-6-19-16-20(9-12-22(19)26)23(27-14-3-4-15-27)17-25-24(28)18-7-10-21(29-2)11-8-18/h7-12,16,23H,3-6,13-15,17H2,1-2H3,(H,25,28). The number of nitrogens with zero attached hydrogens (tertiary/aromatic N) is 2. The molecule has 1 fully saturated rings. The van der Waals surface area contributed by atoms with E-state index in [-0.39, 0.29) is 11.9 Å². The summed E-state index contributed by atoms with van der Waals surface area (Å²) in [5.41, 5.74) is 4.76. The zero-order valence-electron chi connectivity index (χ0n) is 17.5. The Morgan fingerprint density at radius 3 is 2.55 bits per heavy atom. The van der Waals surface area contributed by atoms with Gasteiger partial charge in [0.15, 0.2) is 0 Å². The molecular weight excluding hydrogens is 362 g/mol. The highest BCUT2D eigenvalue weighted by Crippen LogP contribution is 2.31. The number of rotatable bonds is 6. The van der Waals surface area contributed by atoms with Gasteiger partial charge in [0.1, 0.15) is 5.75 Å². The Labute approximate surface area is 173 Å². The average Bonchev–Trinajstić information content (AvgIpc) is 3.28. The number of ether oxygens (including phenoxy) is 1. The quantitative estimate of drug-likeness (QED) is 0.814. The van der Waals surface area contributed by atoms with E-state index in [4.69, 9.17) is 4.74 Å². The van der Waals surface area contributed by atoms with Crippen LogP contribution in [0, 0.1) is 0 Å². The lowest BCUT2D eigenvalue weighted by atomic mass is 9.96. The Balaban J connectivity index is 1.51. The van der Waals surface area contributed by atoms with E-state index in [1.165, 1.54) is 36.1 Å². The fourth-order valence-electron chi connectivity index (χ4n) is 4.56. The van der Waals surface area contributed by atoms with Crippen molar-refractivity contribution in [2.24, 2.45) is 0 Å². The van der Waals surface area contributed by atoms with Gasteiger partial charge in [0, 0.05) is 31.4 Å². The number of nitrogens with one attached hydrogen (secondary N) is 1. The van der Waals surface area contributed by atoms with E-state index in [1.807, 2.05) is 24.3 Å². The van der Waals surface area contributed by atoms with E-state index < -0.39 is 0 Å². The molecule has 4 rings (SSSR count). The molecule has 0 spiro atoms. The first-order valence-corrected chi connectivity index (χ1v) is 10.7. The molecule has 1 atom stereocenters. The Morgan fingerprint density at radius 2 is 1.83 bits per heavy atom. The molecule has 0 saturated carbocycles. The molecule has 2 heterocycles. The maximum atomic E-state index is 12.7. The van der Waals surface area contributed by atoms with Gasteiger partial charge in [-0.3, -0.25) is 9.69 Å². The summed E-state index contributed by atoms with van der Waals surface area (Å²) < 4.78 is 5.18. The summed E-state index contributed by atoms with van der Waals surface area (Å²) in [5.74, 6) is 0.727. The highest BCUT2D eigenvalue weighted by molar-refractivity contribution is 5.94. The molecule has 5 heteroatoms. The average molecular weight is 394 g/mol. The molecule has 29 heavy (non-hydrogen) atoms. The van der Waals surface area contributed by atoms with Gasteiger partial charge in [-0.05, 0) is 80.2 Å². The van der Waals surface area contributed by atoms with E-state index in [2.05, 4.69) is 40.4 Å². The summed E-state index contributed by atoms with van der Waals surface area (Å²) in [6, 6.07) is 14.4. The van der Waals surface area contributed by atoms with Crippen LogP contribution in [-0.4, -0.2) is 51.1 Å². The second kappa shape index (κ2) is 8.87. The predicted octanol–water partition coefficient (Wildman–Crippen LogP) is 3.64. The number of fused-ring (bicyclic) bond motifs is 1. The molecule has 1 N–H and O–H groups in total. The number of carbonyl (C=O) groups is 1. The van der Waals surface area contributed by atoms with Crippen molar-refractivity contribution in [3.63, 3.8) is 0 Å². The van der Waals surface area contributed by atoms with E-state index in [9.17, 15) is 4.79 Å². The largest absolute Gasteiger partial charge is 0.497 e. The van der Waals surface area contributed by atoms with Crippen molar-refractivity contribution < 1.29 is 9.53 Å². The van der Waals surface area contributed by atoms with Gasteiger partial charge in [0.05, 0.1) is 13.2 Å². The maximum Gasteiger partial charge on any atom is 0.251 e. The topological polar surface area (TPSA) is 44.8 Å². The molecule has 0 radical (unpaired) electrons. The molecule has 154 valence electrons. The van der Waals surface area contributed by atoms with Crippen molar-refractivity contribution >= 4 is 11.6 Å². The molecular formula is C24H31N3O2. The molecule has 0 aromatic heterocycles. The first kappa shape index (κ1) is 19.8. The van der Waals surface area contributed by atoms with E-state index in [0.29, 0.717) is 12.1 Å². The normalized spacial score (nSPS) is 17.7. The minimum Gasteiger partial charge on any atom is -0.497 e. The first-order valence-electron chi connectivity index (χ1n) is 10.7. The van der Waals surface area contributed by atoms with Gasteiger partial charge < -0.3 is 15.0 Å². The molecule has 5 nitrogen and oxygen atoms in total. The highest BCUT2D eigenvalue weighted by atomic mass is 16.5. The summed E-state index contributed by atoms with van der Waals surface area (Å²) in [7, 11) is 3.80. The minimum atomic E-state index is -0.0328. The summed E-state index contributed by atoms with van der Waals surface area (Å²) in [6.07, 6.45) is 4.81. The van der Waals surface area contributed by atoms with Crippen LogP contribution in [0.25, 0.3) is 0 Å². The van der Waals surface area contributed by atoms with Gasteiger partial charge in [0.2, 0.25) is 0 Å². The molecule has 0 aliphatic carbocycles. The van der Waals surface area contributed by atoms with Crippen molar-refractivity contribution in [3.8, 4) is 5.75 Å². The van der Waals surface area contributed by atoms with Crippen molar-refractivity contribution in [2.75, 3.05) is 45.2 Å². The number of aryl methyl sites for hydroxylation is 1. The van der Waals surface area contributed by atoms with Gasteiger partial charge in [-0.25, -0.2) is 0 Å². The van der Waals surface area contributed by atoms with E-state index in [1.54, 1.807) is 7.11 Å². The number of benzene rings is 2. The van der Waals surface area contributed by atoms with E-state index in [0.717, 1.165) is 31.8 Å². The highest BCUT2D eigenvalue weighted by Gasteiger charge is 2.25. The number of methoxy groups -OCH3 is 1. The molecule has 1 saturated heterocycles. The summed E-state index contributed by atoms with van der Waals surface area (Å²) in [5, 5.41) is 3.17. The molecule has 1 amide bonds. The van der Waals surface area contributed by atoms with Crippen LogP contribution in [0.15, 0.2) is 42.5 Å². The van der Waals surface area contributed by atoms with Crippen molar-refractivity contribution in [2.45, 2.75) is 31.7 Å². The Kier molecular flexibility index (Phi) is 6.05. The van der Waals surface area contributed by atoms with Gasteiger partial charge in [-0.2, -0.15) is 0 Å². The van der Waals surface area contributed by atoms with Crippen LogP contribution in [0.5, 0.6) is 5.75 Å². The molecule has 2 aromatic carbocycles. The third-order valence-electron chi connectivity index (χ3n) is 6.23. The zero-order chi connectivity index (χ0) is 20.2. The van der Waals surface area contributed by atoms with Gasteiger partial charge in [0.25, 0.3) is 5.91 Å². The lowest BCUT2D eigenvalue weighted by molar-refractivity contribution is 0.0938. The Bertz CT molecular complexity index is 844. The maximum absolute atomic E-state index is 12.7. The second-order valence-corrected chi connectivity index (χ2v) is 8.11. The van der Waals surface area contributed by atoms with Crippen LogP contribution in [0.1, 0.15) is 46.8 Å². The Hall–Kier alpha value is -2.53. The van der Waals surface area contributed by atoms with Crippen LogP contribution in [0.3, 0.4) is 0 Å². The number of hydrogen-bond acceptors (Lipinski definition) is 4. The van der Waals surface area contributed by atoms with Crippen molar-refractivity contribution in [1.29, 1.82) is 0 Å². The van der Waals surface area contributed by atoms with Crippen LogP contribution in [-0.2, 0) is 6.42 Å². The Morgan fingerprint density at radius 1 is 1.07 bits per heavy atom. The molecule has 2 aliphatic rings. The molecule has 2 aromatic rings.